The number of ether oxygens (including phenoxy) is 1. The van der Waals surface area contributed by atoms with Crippen molar-refractivity contribution in [2.75, 3.05) is 13.2 Å². The highest BCUT2D eigenvalue weighted by molar-refractivity contribution is 5.76. The van der Waals surface area contributed by atoms with Crippen LogP contribution in [0.4, 0.5) is 0 Å². The van der Waals surface area contributed by atoms with E-state index in [1.54, 1.807) is 0 Å². The van der Waals surface area contributed by atoms with Gasteiger partial charge in [0.2, 0.25) is 5.91 Å². The standard InChI is InChI=1S/C74H147NO5/c1-3-5-7-9-11-13-15-17-19-20-35-39-42-46-50-54-58-62-66-72(77)71(70-76)75-73(78)67-63-59-55-51-47-43-40-36-33-31-29-27-25-23-21-22-24-26-28-30-32-34-37-41-45-49-53-57-61-65-69-80-74(79)68-64-60-56-52-48-44-38-18-16-14-12-10-8-6-4-2/h71-72,76-77H,3-70H2,1-2H3,(H,75,78). The molecule has 80 heavy (non-hydrogen) atoms. The second-order valence-electron chi connectivity index (χ2n) is 26.0. The quantitative estimate of drug-likeness (QED) is 0.0417. The predicted molar refractivity (Wildman–Crippen MR) is 352 cm³/mol. The fraction of sp³-hybridized carbons (Fsp3) is 0.973. The molecule has 2 atom stereocenters. The summed E-state index contributed by atoms with van der Waals surface area (Å²) in [4.78, 5) is 24.6. The summed E-state index contributed by atoms with van der Waals surface area (Å²) in [5, 5.41) is 23.4. The molecule has 0 radical (unpaired) electrons. The monoisotopic (exact) mass is 1130 g/mol. The van der Waals surface area contributed by atoms with E-state index < -0.39 is 12.1 Å². The van der Waals surface area contributed by atoms with Crippen molar-refractivity contribution >= 4 is 11.9 Å². The Morgan fingerprint density at radius 3 is 0.762 bits per heavy atom. The van der Waals surface area contributed by atoms with Crippen molar-refractivity contribution in [1.82, 2.24) is 5.32 Å². The minimum Gasteiger partial charge on any atom is -0.466 e. The van der Waals surface area contributed by atoms with Gasteiger partial charge < -0.3 is 20.3 Å². The molecule has 0 aromatic carbocycles. The Bertz CT molecular complexity index is 1160. The Balaban J connectivity index is 3.31. The number of aliphatic hydroxyl groups is 2. The summed E-state index contributed by atoms with van der Waals surface area (Å²) < 4.78 is 5.50. The van der Waals surface area contributed by atoms with E-state index in [1.165, 1.54) is 366 Å². The molecule has 0 spiro atoms. The zero-order chi connectivity index (χ0) is 57.8. The molecular formula is C74H147NO5. The van der Waals surface area contributed by atoms with Crippen molar-refractivity contribution in [3.8, 4) is 0 Å². The van der Waals surface area contributed by atoms with Crippen molar-refractivity contribution < 1.29 is 24.5 Å². The SMILES string of the molecule is CCCCCCCCCCCCCCCCCCCCC(O)C(CO)NC(=O)CCCCCCCCCCCCCCCCCCCCCCCCCCCCCCCCOC(=O)CCCCCCCCCCCCCCCCC. The maximum atomic E-state index is 12.5. The first-order chi connectivity index (χ1) is 39.5. The molecule has 6 nitrogen and oxygen atoms in total. The highest BCUT2D eigenvalue weighted by Crippen LogP contribution is 2.20. The molecule has 478 valence electrons. The largest absolute Gasteiger partial charge is 0.466 e. The third-order valence-electron chi connectivity index (χ3n) is 17.9. The topological polar surface area (TPSA) is 95.9 Å². The van der Waals surface area contributed by atoms with Gasteiger partial charge in [-0.25, -0.2) is 0 Å². The van der Waals surface area contributed by atoms with Gasteiger partial charge in [0.1, 0.15) is 0 Å². The van der Waals surface area contributed by atoms with E-state index in [9.17, 15) is 19.8 Å². The normalized spacial score (nSPS) is 12.4. The minimum atomic E-state index is -0.661. The van der Waals surface area contributed by atoms with E-state index in [4.69, 9.17) is 4.74 Å². The van der Waals surface area contributed by atoms with Crippen LogP contribution in [0.5, 0.6) is 0 Å². The molecule has 3 N–H and O–H groups in total. The first-order valence-electron chi connectivity index (χ1n) is 37.3. The summed E-state index contributed by atoms with van der Waals surface area (Å²) in [5.41, 5.74) is 0. The number of carbonyl (C=O) groups excluding carboxylic acids is 2. The average Bonchev–Trinajstić information content (AvgIpc) is 3.46. The van der Waals surface area contributed by atoms with Gasteiger partial charge in [0, 0.05) is 12.8 Å². The third kappa shape index (κ3) is 66.0. The van der Waals surface area contributed by atoms with E-state index >= 15 is 0 Å². The van der Waals surface area contributed by atoms with Crippen LogP contribution in [0.1, 0.15) is 438 Å². The number of rotatable bonds is 71. The number of hydrogen-bond donors (Lipinski definition) is 3. The Kier molecular flexibility index (Phi) is 69.3. The van der Waals surface area contributed by atoms with Crippen LogP contribution in [0.15, 0.2) is 0 Å². The second kappa shape index (κ2) is 70.3. The fourth-order valence-corrected chi connectivity index (χ4v) is 12.2. The van der Waals surface area contributed by atoms with Gasteiger partial charge in [-0.3, -0.25) is 9.59 Å². The maximum Gasteiger partial charge on any atom is 0.305 e. The van der Waals surface area contributed by atoms with Gasteiger partial charge in [0.05, 0.1) is 25.4 Å². The number of hydrogen-bond acceptors (Lipinski definition) is 5. The molecule has 0 aliphatic carbocycles. The molecule has 1 amide bonds. The average molecular weight is 1130 g/mol. The van der Waals surface area contributed by atoms with Crippen molar-refractivity contribution in [2.45, 2.75) is 450 Å². The molecule has 0 aliphatic rings. The van der Waals surface area contributed by atoms with Crippen LogP contribution >= 0.6 is 0 Å². The van der Waals surface area contributed by atoms with Gasteiger partial charge in [0.15, 0.2) is 0 Å². The Labute approximate surface area is 502 Å². The van der Waals surface area contributed by atoms with Gasteiger partial charge in [0.25, 0.3) is 0 Å². The van der Waals surface area contributed by atoms with E-state index in [0.717, 1.165) is 38.5 Å². The number of nitrogens with one attached hydrogen (secondary N) is 1. The van der Waals surface area contributed by atoms with E-state index in [2.05, 4.69) is 19.2 Å². The molecule has 2 unspecified atom stereocenters. The van der Waals surface area contributed by atoms with E-state index in [0.29, 0.717) is 25.9 Å². The third-order valence-corrected chi connectivity index (χ3v) is 17.9. The van der Waals surface area contributed by atoms with Crippen LogP contribution in [0.2, 0.25) is 0 Å². The van der Waals surface area contributed by atoms with Crippen molar-refractivity contribution in [3.05, 3.63) is 0 Å². The number of amides is 1. The fourth-order valence-electron chi connectivity index (χ4n) is 12.2. The summed E-state index contributed by atoms with van der Waals surface area (Å²) in [6.07, 6.45) is 86.0. The number of carbonyl (C=O) groups is 2. The predicted octanol–water partition coefficient (Wildman–Crippen LogP) is 24.2. The van der Waals surface area contributed by atoms with Crippen LogP contribution in [-0.4, -0.2) is 47.4 Å². The molecule has 0 saturated carbocycles. The summed E-state index contributed by atoms with van der Waals surface area (Å²) in [7, 11) is 0. The highest BCUT2D eigenvalue weighted by atomic mass is 16.5. The smallest absolute Gasteiger partial charge is 0.305 e. The lowest BCUT2D eigenvalue weighted by molar-refractivity contribution is -0.143. The van der Waals surface area contributed by atoms with Crippen LogP contribution in [0, 0.1) is 0 Å². The first kappa shape index (κ1) is 78.9. The number of esters is 1. The molecule has 0 bridgehead atoms. The molecule has 0 heterocycles. The summed E-state index contributed by atoms with van der Waals surface area (Å²) in [5.74, 6) is -0.00162. The van der Waals surface area contributed by atoms with Crippen LogP contribution < -0.4 is 5.32 Å². The van der Waals surface area contributed by atoms with Crippen molar-refractivity contribution in [3.63, 3.8) is 0 Å². The zero-order valence-electron chi connectivity index (χ0n) is 54.9. The van der Waals surface area contributed by atoms with Gasteiger partial charge in [-0.2, -0.15) is 0 Å². The van der Waals surface area contributed by atoms with Crippen LogP contribution in [-0.2, 0) is 14.3 Å². The summed E-state index contributed by atoms with van der Waals surface area (Å²) in [6, 6.07) is -0.538. The van der Waals surface area contributed by atoms with Gasteiger partial charge in [-0.15, -0.1) is 0 Å². The van der Waals surface area contributed by atoms with Gasteiger partial charge in [-0.05, 0) is 25.7 Å². The molecule has 0 fully saturated rings. The van der Waals surface area contributed by atoms with E-state index in [-0.39, 0.29) is 18.5 Å². The van der Waals surface area contributed by atoms with Crippen LogP contribution in [0.3, 0.4) is 0 Å². The van der Waals surface area contributed by atoms with Crippen molar-refractivity contribution in [2.24, 2.45) is 0 Å². The Morgan fingerprint density at radius 1 is 0.300 bits per heavy atom. The molecule has 0 saturated heterocycles. The molecule has 6 heteroatoms. The number of aliphatic hydroxyl groups excluding tert-OH is 2. The number of unbranched alkanes of at least 4 members (excludes halogenated alkanes) is 60. The second-order valence-corrected chi connectivity index (χ2v) is 26.0. The molecule has 0 aromatic heterocycles. The minimum absolute atomic E-state index is 0.0244. The van der Waals surface area contributed by atoms with Gasteiger partial charge in [-0.1, -0.05) is 399 Å². The lowest BCUT2D eigenvalue weighted by atomic mass is 10.0. The first-order valence-corrected chi connectivity index (χ1v) is 37.3. The summed E-state index contributed by atoms with van der Waals surface area (Å²) in [6.45, 7) is 5.01. The van der Waals surface area contributed by atoms with Crippen LogP contribution in [0.25, 0.3) is 0 Å². The Morgan fingerprint density at radius 2 is 0.512 bits per heavy atom. The Hall–Kier alpha value is -1.14. The highest BCUT2D eigenvalue weighted by Gasteiger charge is 2.20. The zero-order valence-corrected chi connectivity index (χ0v) is 54.9. The van der Waals surface area contributed by atoms with Crippen molar-refractivity contribution in [1.29, 1.82) is 0 Å². The molecule has 0 aromatic rings. The lowest BCUT2D eigenvalue weighted by Gasteiger charge is -2.22. The maximum absolute atomic E-state index is 12.5. The van der Waals surface area contributed by atoms with E-state index in [1.807, 2.05) is 0 Å². The summed E-state index contributed by atoms with van der Waals surface area (Å²) >= 11 is 0. The molecule has 0 aliphatic heterocycles. The molecule has 0 rings (SSSR count). The molecular weight excluding hydrogens is 983 g/mol. The van der Waals surface area contributed by atoms with Gasteiger partial charge >= 0.3 is 5.97 Å². The lowest BCUT2D eigenvalue weighted by Crippen LogP contribution is -2.45.